The van der Waals surface area contributed by atoms with Gasteiger partial charge in [-0.1, -0.05) is 170 Å². The maximum absolute atomic E-state index is 2.43. The molecule has 2 nitrogen and oxygen atoms in total. The maximum Gasteiger partial charge on any atom is 0.0541 e. The van der Waals surface area contributed by atoms with Gasteiger partial charge in [0, 0.05) is 33.5 Å². The van der Waals surface area contributed by atoms with E-state index >= 15 is 0 Å². The standard InChI is InChI=1S/C60H38N2/c1-2-20-48-39(13-1)29-30-40-31-32-42(37-57(40)48)41-14-9-16-44(35-41)61(46-18-11-19-47(38-46)62-58-27-7-5-23-52(58)53-24-6-8-28-59(53)62)45-17-10-15-43(36-45)49-33-34-56-51-22-4-3-21-50(51)55-26-12-25-54(49)60(55)56/h1-38H. The van der Waals surface area contributed by atoms with Crippen LogP contribution in [-0.2, 0) is 0 Å². The predicted octanol–water partition coefficient (Wildman–Crippen LogP) is 16.7. The lowest BCUT2D eigenvalue weighted by molar-refractivity contribution is 1.17. The number of rotatable bonds is 6. The first kappa shape index (κ1) is 34.6. The van der Waals surface area contributed by atoms with E-state index in [1.54, 1.807) is 0 Å². The number of nitrogens with zero attached hydrogens (tertiary/aromatic N) is 2. The van der Waals surface area contributed by atoms with E-state index in [9.17, 15) is 0 Å². The van der Waals surface area contributed by atoms with Crippen LogP contribution in [-0.4, -0.2) is 4.57 Å². The molecular weight excluding hydrogens is 749 g/mol. The molecule has 1 aliphatic carbocycles. The van der Waals surface area contributed by atoms with Crippen molar-refractivity contribution in [1.29, 1.82) is 0 Å². The summed E-state index contributed by atoms with van der Waals surface area (Å²) in [7, 11) is 0. The van der Waals surface area contributed by atoms with Crippen molar-refractivity contribution in [2.24, 2.45) is 0 Å². The molecule has 0 atom stereocenters. The second-order valence-corrected chi connectivity index (χ2v) is 16.5. The molecule has 0 unspecified atom stereocenters. The zero-order valence-electron chi connectivity index (χ0n) is 33.8. The number of para-hydroxylation sites is 2. The first-order valence-corrected chi connectivity index (χ1v) is 21.4. The van der Waals surface area contributed by atoms with Crippen LogP contribution in [0.15, 0.2) is 231 Å². The Labute approximate surface area is 359 Å². The van der Waals surface area contributed by atoms with E-state index in [1.807, 2.05) is 0 Å². The Bertz CT molecular complexity index is 3690. The lowest BCUT2D eigenvalue weighted by Crippen LogP contribution is -2.11. The van der Waals surface area contributed by atoms with Crippen molar-refractivity contribution in [3.05, 3.63) is 231 Å². The Morgan fingerprint density at radius 3 is 1.53 bits per heavy atom. The number of aromatic nitrogens is 1. The molecule has 0 amide bonds. The van der Waals surface area contributed by atoms with Crippen molar-refractivity contribution in [3.63, 3.8) is 0 Å². The third-order valence-corrected chi connectivity index (χ3v) is 13.1. The van der Waals surface area contributed by atoms with Crippen LogP contribution in [0.4, 0.5) is 17.1 Å². The SMILES string of the molecule is c1cc(-c2ccc3ccc4ccccc4c3c2)cc(N(c2cccc(-c3ccc4c5c(cccc35)-c3ccccc3-4)c2)c2cccc(-n3c4ccccc4c4ccccc43)c2)c1. The van der Waals surface area contributed by atoms with Gasteiger partial charge in [0.25, 0.3) is 0 Å². The van der Waals surface area contributed by atoms with Crippen LogP contribution in [0.1, 0.15) is 0 Å². The maximum atomic E-state index is 2.43. The highest BCUT2D eigenvalue weighted by Crippen LogP contribution is 2.50. The summed E-state index contributed by atoms with van der Waals surface area (Å²) in [5.74, 6) is 0. The summed E-state index contributed by atoms with van der Waals surface area (Å²) in [6.07, 6.45) is 0. The summed E-state index contributed by atoms with van der Waals surface area (Å²) in [5.41, 5.74) is 16.8. The third-order valence-electron chi connectivity index (χ3n) is 13.1. The van der Waals surface area contributed by atoms with Gasteiger partial charge in [-0.3, -0.25) is 0 Å². The molecule has 288 valence electrons. The monoisotopic (exact) mass is 786 g/mol. The van der Waals surface area contributed by atoms with Crippen molar-refractivity contribution in [2.45, 2.75) is 0 Å². The minimum absolute atomic E-state index is 1.08. The number of hydrogen-bond donors (Lipinski definition) is 0. The molecule has 0 aliphatic heterocycles. The smallest absolute Gasteiger partial charge is 0.0541 e. The summed E-state index contributed by atoms with van der Waals surface area (Å²) < 4.78 is 2.41. The largest absolute Gasteiger partial charge is 0.310 e. The summed E-state index contributed by atoms with van der Waals surface area (Å²) >= 11 is 0. The van der Waals surface area contributed by atoms with E-state index in [2.05, 4.69) is 240 Å². The quantitative estimate of drug-likeness (QED) is 0.152. The second kappa shape index (κ2) is 13.7. The molecule has 0 spiro atoms. The predicted molar refractivity (Wildman–Crippen MR) is 263 cm³/mol. The van der Waals surface area contributed by atoms with Crippen LogP contribution < -0.4 is 4.90 Å². The molecule has 2 heteroatoms. The average Bonchev–Trinajstić information content (AvgIpc) is 3.85. The van der Waals surface area contributed by atoms with Crippen LogP contribution in [0.25, 0.3) is 104 Å². The Morgan fingerprint density at radius 1 is 0.274 bits per heavy atom. The molecule has 62 heavy (non-hydrogen) atoms. The fraction of sp³-hybridized carbons (Fsp3) is 0. The molecule has 0 saturated heterocycles. The molecule has 1 heterocycles. The van der Waals surface area contributed by atoms with Gasteiger partial charge in [0.1, 0.15) is 0 Å². The molecule has 12 aromatic rings. The Balaban J connectivity index is 1.00. The highest BCUT2D eigenvalue weighted by atomic mass is 15.1. The van der Waals surface area contributed by atoms with E-state index in [0.29, 0.717) is 0 Å². The van der Waals surface area contributed by atoms with Gasteiger partial charge in [0.2, 0.25) is 0 Å². The van der Waals surface area contributed by atoms with E-state index < -0.39 is 0 Å². The van der Waals surface area contributed by atoms with Gasteiger partial charge in [-0.25, -0.2) is 0 Å². The molecule has 0 N–H and O–H groups in total. The summed E-state index contributed by atoms with van der Waals surface area (Å²) in [5, 5.41) is 10.2. The molecule has 1 aromatic heterocycles. The number of fused-ring (bicyclic) bond motifs is 9. The van der Waals surface area contributed by atoms with E-state index in [1.165, 1.54) is 98.6 Å². The van der Waals surface area contributed by atoms with Gasteiger partial charge in [-0.05, 0) is 137 Å². The topological polar surface area (TPSA) is 8.17 Å². The van der Waals surface area contributed by atoms with Gasteiger partial charge in [-0.15, -0.1) is 0 Å². The van der Waals surface area contributed by atoms with Gasteiger partial charge in [-0.2, -0.15) is 0 Å². The molecule has 0 radical (unpaired) electrons. The Kier molecular flexibility index (Phi) is 7.64. The third kappa shape index (κ3) is 5.30. The van der Waals surface area contributed by atoms with Gasteiger partial charge in [0.15, 0.2) is 0 Å². The lowest BCUT2D eigenvalue weighted by atomic mass is 9.94. The van der Waals surface area contributed by atoms with Gasteiger partial charge < -0.3 is 9.47 Å². The van der Waals surface area contributed by atoms with Crippen LogP contribution in [0.5, 0.6) is 0 Å². The zero-order chi connectivity index (χ0) is 40.7. The zero-order valence-corrected chi connectivity index (χ0v) is 33.8. The normalized spacial score (nSPS) is 11.9. The number of hydrogen-bond acceptors (Lipinski definition) is 1. The van der Waals surface area contributed by atoms with Gasteiger partial charge in [0.05, 0.1) is 11.0 Å². The highest BCUT2D eigenvalue weighted by Gasteiger charge is 2.23. The molecule has 13 rings (SSSR count). The molecule has 0 bridgehead atoms. The first-order chi connectivity index (χ1) is 30.7. The van der Waals surface area contributed by atoms with Gasteiger partial charge >= 0.3 is 0 Å². The van der Waals surface area contributed by atoms with Crippen molar-refractivity contribution >= 4 is 71.2 Å². The molecular formula is C60H38N2. The Hall–Kier alpha value is -8.20. The minimum atomic E-state index is 1.08. The van der Waals surface area contributed by atoms with Crippen LogP contribution in [0, 0.1) is 0 Å². The fourth-order valence-corrected chi connectivity index (χ4v) is 10.3. The first-order valence-electron chi connectivity index (χ1n) is 21.4. The molecule has 0 saturated carbocycles. The summed E-state index contributed by atoms with van der Waals surface area (Å²) in [6, 6.07) is 84.9. The summed E-state index contributed by atoms with van der Waals surface area (Å²) in [4.78, 5) is 2.43. The lowest BCUT2D eigenvalue weighted by Gasteiger charge is -2.27. The van der Waals surface area contributed by atoms with Crippen LogP contribution in [0.2, 0.25) is 0 Å². The average molecular weight is 787 g/mol. The van der Waals surface area contributed by atoms with Crippen molar-refractivity contribution < 1.29 is 0 Å². The minimum Gasteiger partial charge on any atom is -0.310 e. The van der Waals surface area contributed by atoms with Crippen LogP contribution >= 0.6 is 0 Å². The number of anilines is 3. The number of benzene rings is 11. The van der Waals surface area contributed by atoms with Crippen LogP contribution in [0.3, 0.4) is 0 Å². The summed E-state index contributed by atoms with van der Waals surface area (Å²) in [6.45, 7) is 0. The van der Waals surface area contributed by atoms with Crippen molar-refractivity contribution in [1.82, 2.24) is 4.57 Å². The highest BCUT2D eigenvalue weighted by molar-refractivity contribution is 6.19. The van der Waals surface area contributed by atoms with E-state index in [4.69, 9.17) is 0 Å². The van der Waals surface area contributed by atoms with E-state index in [0.717, 1.165) is 22.7 Å². The van der Waals surface area contributed by atoms with Crippen molar-refractivity contribution in [2.75, 3.05) is 4.90 Å². The van der Waals surface area contributed by atoms with Crippen molar-refractivity contribution in [3.8, 4) is 50.2 Å². The fourth-order valence-electron chi connectivity index (χ4n) is 10.3. The molecule has 0 fully saturated rings. The Morgan fingerprint density at radius 2 is 0.774 bits per heavy atom. The molecule has 11 aromatic carbocycles. The van der Waals surface area contributed by atoms with E-state index in [-0.39, 0.29) is 0 Å². The second-order valence-electron chi connectivity index (χ2n) is 16.5. The molecule has 1 aliphatic rings.